The van der Waals surface area contributed by atoms with Crippen LogP contribution in [-0.4, -0.2) is 22.6 Å². The Morgan fingerprint density at radius 3 is 2.70 bits per heavy atom. The monoisotopic (exact) mass is 419 g/mol. The van der Waals surface area contributed by atoms with Crippen molar-refractivity contribution in [3.05, 3.63) is 92.2 Å². The largest absolute Gasteiger partial charge is 0.497 e. The van der Waals surface area contributed by atoms with Gasteiger partial charge in [0.15, 0.2) is 0 Å². The first-order valence-electron chi connectivity index (χ1n) is 9.49. The van der Waals surface area contributed by atoms with Crippen molar-refractivity contribution in [2.24, 2.45) is 0 Å². The quantitative estimate of drug-likeness (QED) is 0.517. The summed E-state index contributed by atoms with van der Waals surface area (Å²) in [5, 5.41) is 5.32. The zero-order valence-corrected chi connectivity index (χ0v) is 17.5. The van der Waals surface area contributed by atoms with Crippen LogP contribution >= 0.6 is 11.3 Å². The van der Waals surface area contributed by atoms with Crippen molar-refractivity contribution in [3.8, 4) is 5.75 Å². The molecule has 4 rings (SSSR count). The lowest BCUT2D eigenvalue weighted by Gasteiger charge is -2.11. The predicted octanol–water partition coefficient (Wildman–Crippen LogP) is 3.75. The van der Waals surface area contributed by atoms with Gasteiger partial charge in [0.2, 0.25) is 0 Å². The van der Waals surface area contributed by atoms with Gasteiger partial charge < -0.3 is 14.6 Å². The topological polar surface area (TPSA) is 73.2 Å². The molecule has 3 heterocycles. The van der Waals surface area contributed by atoms with E-state index in [4.69, 9.17) is 4.74 Å². The number of nitrogens with zero attached hydrogens (tertiary/aromatic N) is 2. The first-order chi connectivity index (χ1) is 14.5. The van der Waals surface area contributed by atoms with E-state index in [9.17, 15) is 9.59 Å². The molecule has 1 N–H and O–H groups in total. The molecule has 0 spiro atoms. The van der Waals surface area contributed by atoms with Gasteiger partial charge in [0.25, 0.3) is 11.5 Å². The predicted molar refractivity (Wildman–Crippen MR) is 118 cm³/mol. The Hall–Kier alpha value is -3.45. The van der Waals surface area contributed by atoms with Gasteiger partial charge in [0.1, 0.15) is 5.75 Å². The molecule has 4 aromatic rings. The minimum Gasteiger partial charge on any atom is -0.497 e. The highest BCUT2D eigenvalue weighted by Gasteiger charge is 2.14. The number of methoxy groups -OCH3 is 1. The number of rotatable bonds is 6. The molecular formula is C23H21N3O3S. The number of hydrogen-bond donors (Lipinski definition) is 1. The van der Waals surface area contributed by atoms with Crippen LogP contribution in [0.25, 0.3) is 10.9 Å². The first-order valence-corrected chi connectivity index (χ1v) is 10.4. The van der Waals surface area contributed by atoms with Crippen LogP contribution in [0, 0.1) is 6.92 Å². The minimum atomic E-state index is -0.259. The molecule has 0 radical (unpaired) electrons. The summed E-state index contributed by atoms with van der Waals surface area (Å²) in [4.78, 5) is 31.3. The Labute approximate surface area is 177 Å². The molecule has 0 aliphatic heterocycles. The number of carbonyl (C=O) groups is 1. The maximum Gasteiger partial charge on any atom is 0.260 e. The number of ether oxygens (including phenoxy) is 1. The maximum absolute atomic E-state index is 13.0. The van der Waals surface area contributed by atoms with E-state index in [-0.39, 0.29) is 11.5 Å². The molecule has 1 aromatic carbocycles. The second kappa shape index (κ2) is 8.51. The number of thiophene rings is 1. The molecule has 1 amide bonds. The van der Waals surface area contributed by atoms with Crippen LogP contribution < -0.4 is 15.6 Å². The van der Waals surface area contributed by atoms with Gasteiger partial charge in [-0.25, -0.2) is 0 Å². The number of pyridine rings is 2. The van der Waals surface area contributed by atoms with Crippen LogP contribution in [0.5, 0.6) is 5.75 Å². The first kappa shape index (κ1) is 19.8. The number of carbonyl (C=O) groups excluding carboxylic acids is 1. The molecule has 7 heteroatoms. The van der Waals surface area contributed by atoms with Crippen LogP contribution in [0.2, 0.25) is 0 Å². The van der Waals surface area contributed by atoms with Crippen LogP contribution in [-0.2, 0) is 13.1 Å². The van der Waals surface area contributed by atoms with Crippen molar-refractivity contribution >= 4 is 28.1 Å². The molecule has 0 aliphatic rings. The van der Waals surface area contributed by atoms with Crippen LogP contribution in [0.15, 0.2) is 64.9 Å². The van der Waals surface area contributed by atoms with Crippen LogP contribution in [0.4, 0.5) is 0 Å². The van der Waals surface area contributed by atoms with Gasteiger partial charge in [-0.1, -0.05) is 18.2 Å². The molecule has 0 saturated heterocycles. The SMILES string of the molecule is COc1ccc(CNC(=O)c2cc3c(=O)n(Cc4cccs4)ccc3nc2C)cc1. The van der Waals surface area contributed by atoms with Crippen molar-refractivity contribution in [3.63, 3.8) is 0 Å². The molecule has 0 bridgehead atoms. The second-order valence-corrected chi connectivity index (χ2v) is 7.95. The summed E-state index contributed by atoms with van der Waals surface area (Å²) >= 11 is 1.60. The van der Waals surface area contributed by atoms with Crippen LogP contribution in [0.3, 0.4) is 0 Å². The normalized spacial score (nSPS) is 10.9. The average molecular weight is 420 g/mol. The number of benzene rings is 1. The number of fused-ring (bicyclic) bond motifs is 1. The second-order valence-electron chi connectivity index (χ2n) is 6.91. The number of hydrogen-bond acceptors (Lipinski definition) is 5. The summed E-state index contributed by atoms with van der Waals surface area (Å²) in [6.45, 7) is 2.65. The van der Waals surface area contributed by atoms with Gasteiger partial charge in [-0.15, -0.1) is 11.3 Å². The molecule has 0 unspecified atom stereocenters. The van der Waals surface area contributed by atoms with Crippen molar-refractivity contribution in [1.29, 1.82) is 0 Å². The lowest BCUT2D eigenvalue weighted by molar-refractivity contribution is 0.0950. The summed E-state index contributed by atoms with van der Waals surface area (Å²) in [5.41, 5.74) is 2.38. The average Bonchev–Trinajstić information content (AvgIpc) is 3.27. The third-order valence-corrected chi connectivity index (χ3v) is 5.77. The smallest absolute Gasteiger partial charge is 0.260 e. The van der Waals surface area contributed by atoms with Gasteiger partial charge in [-0.2, -0.15) is 0 Å². The summed E-state index contributed by atoms with van der Waals surface area (Å²) in [6, 6.07) is 14.9. The number of nitrogens with one attached hydrogen (secondary N) is 1. The molecule has 0 atom stereocenters. The van der Waals surface area contributed by atoms with E-state index >= 15 is 0 Å². The Morgan fingerprint density at radius 1 is 1.20 bits per heavy atom. The Balaban J connectivity index is 1.59. The Kier molecular flexibility index (Phi) is 5.63. The third kappa shape index (κ3) is 4.11. The summed E-state index contributed by atoms with van der Waals surface area (Å²) in [7, 11) is 1.61. The van der Waals surface area contributed by atoms with E-state index in [0.29, 0.717) is 35.2 Å². The van der Waals surface area contributed by atoms with Crippen LogP contribution in [0.1, 0.15) is 26.5 Å². The van der Waals surface area contributed by atoms with Crippen molar-refractivity contribution in [1.82, 2.24) is 14.9 Å². The Morgan fingerprint density at radius 2 is 2.00 bits per heavy atom. The summed E-state index contributed by atoms with van der Waals surface area (Å²) in [5.74, 6) is 0.504. The zero-order chi connectivity index (χ0) is 21.1. The van der Waals surface area contributed by atoms with Gasteiger partial charge in [0, 0.05) is 17.6 Å². The fourth-order valence-electron chi connectivity index (χ4n) is 3.25. The fraction of sp³-hybridized carbons (Fsp3) is 0.174. The van der Waals surface area contributed by atoms with E-state index in [0.717, 1.165) is 16.2 Å². The molecular weight excluding hydrogens is 398 g/mol. The molecule has 3 aromatic heterocycles. The summed E-state index contributed by atoms with van der Waals surface area (Å²) in [6.07, 6.45) is 1.75. The third-order valence-electron chi connectivity index (χ3n) is 4.91. The maximum atomic E-state index is 13.0. The van der Waals surface area contributed by atoms with E-state index in [1.807, 2.05) is 47.8 Å². The van der Waals surface area contributed by atoms with Gasteiger partial charge in [-0.3, -0.25) is 14.6 Å². The van der Waals surface area contributed by atoms with Crippen molar-refractivity contribution < 1.29 is 9.53 Å². The highest BCUT2D eigenvalue weighted by atomic mass is 32.1. The zero-order valence-electron chi connectivity index (χ0n) is 16.7. The molecule has 0 aliphatic carbocycles. The Bertz CT molecular complexity index is 1250. The van der Waals surface area contributed by atoms with Gasteiger partial charge in [0.05, 0.1) is 35.8 Å². The van der Waals surface area contributed by atoms with Gasteiger partial charge >= 0.3 is 0 Å². The van der Waals surface area contributed by atoms with Crippen molar-refractivity contribution in [2.75, 3.05) is 7.11 Å². The molecule has 6 nitrogen and oxygen atoms in total. The highest BCUT2D eigenvalue weighted by molar-refractivity contribution is 7.09. The molecule has 0 saturated carbocycles. The summed E-state index contributed by atoms with van der Waals surface area (Å²) < 4.78 is 6.79. The molecule has 0 fully saturated rings. The highest BCUT2D eigenvalue weighted by Crippen LogP contribution is 2.16. The van der Waals surface area contributed by atoms with E-state index in [2.05, 4.69) is 10.3 Å². The lowest BCUT2D eigenvalue weighted by atomic mass is 10.1. The number of aromatic nitrogens is 2. The van der Waals surface area contributed by atoms with Gasteiger partial charge in [-0.05, 0) is 48.2 Å². The molecule has 30 heavy (non-hydrogen) atoms. The van der Waals surface area contributed by atoms with Crippen molar-refractivity contribution in [2.45, 2.75) is 20.0 Å². The lowest BCUT2D eigenvalue weighted by Crippen LogP contribution is -2.25. The minimum absolute atomic E-state index is 0.155. The standard InChI is InChI=1S/C23H21N3O3S/c1-15-19(22(27)24-13-16-5-7-17(29-2)8-6-16)12-20-21(25-15)9-10-26(23(20)28)14-18-4-3-11-30-18/h3-12H,13-14H2,1-2H3,(H,24,27). The number of amides is 1. The number of aryl methyl sites for hydroxylation is 1. The van der Waals surface area contributed by atoms with E-state index < -0.39 is 0 Å². The molecule has 152 valence electrons. The van der Waals surface area contributed by atoms with E-state index in [1.165, 1.54) is 0 Å². The van der Waals surface area contributed by atoms with E-state index in [1.54, 1.807) is 42.2 Å². The fourth-order valence-corrected chi connectivity index (χ4v) is 3.95.